The Hall–Kier alpha value is -2.29. The lowest BCUT2D eigenvalue weighted by Crippen LogP contribution is -2.04. The molecule has 2 aromatic carbocycles. The molecule has 0 unspecified atom stereocenters. The second-order valence-electron chi connectivity index (χ2n) is 5.40. The molecular formula is C17H19N3. The Morgan fingerprint density at radius 2 is 1.80 bits per heavy atom. The monoisotopic (exact) mass is 265 g/mol. The summed E-state index contributed by atoms with van der Waals surface area (Å²) >= 11 is 0. The molecule has 0 aliphatic rings. The normalized spacial score (nSPS) is 10.9. The van der Waals surface area contributed by atoms with Crippen LogP contribution in [0, 0.1) is 20.8 Å². The average Bonchev–Trinajstić information content (AvgIpc) is 2.84. The van der Waals surface area contributed by atoms with Gasteiger partial charge in [0, 0.05) is 17.6 Å². The van der Waals surface area contributed by atoms with Crippen LogP contribution in [-0.4, -0.2) is 10.2 Å². The van der Waals surface area contributed by atoms with Gasteiger partial charge in [-0.2, -0.15) is 5.10 Å². The van der Waals surface area contributed by atoms with Gasteiger partial charge in [0.05, 0.1) is 11.7 Å². The first-order valence-corrected chi connectivity index (χ1v) is 6.87. The number of aryl methyl sites for hydroxylation is 3. The van der Waals surface area contributed by atoms with Gasteiger partial charge in [0.25, 0.3) is 0 Å². The second kappa shape index (κ2) is 5.00. The van der Waals surface area contributed by atoms with Crippen LogP contribution in [0.1, 0.15) is 22.3 Å². The van der Waals surface area contributed by atoms with Crippen molar-refractivity contribution < 1.29 is 0 Å². The summed E-state index contributed by atoms with van der Waals surface area (Å²) < 4.78 is 0. The first kappa shape index (κ1) is 12.7. The zero-order valence-electron chi connectivity index (χ0n) is 12.1. The number of hydrogen-bond acceptors (Lipinski definition) is 2. The molecule has 0 spiro atoms. The van der Waals surface area contributed by atoms with E-state index < -0.39 is 0 Å². The van der Waals surface area contributed by atoms with Crippen LogP contribution < -0.4 is 5.32 Å². The summed E-state index contributed by atoms with van der Waals surface area (Å²) in [6.45, 7) is 7.34. The van der Waals surface area contributed by atoms with Crippen LogP contribution in [0.5, 0.6) is 0 Å². The highest BCUT2D eigenvalue weighted by molar-refractivity contribution is 5.81. The first-order chi connectivity index (χ1) is 9.63. The van der Waals surface area contributed by atoms with Crippen LogP contribution >= 0.6 is 0 Å². The van der Waals surface area contributed by atoms with E-state index >= 15 is 0 Å². The van der Waals surface area contributed by atoms with Gasteiger partial charge in [-0.1, -0.05) is 17.7 Å². The molecule has 0 fully saturated rings. The molecule has 2 N–H and O–H groups in total. The molecule has 0 aliphatic carbocycles. The molecule has 3 nitrogen and oxygen atoms in total. The lowest BCUT2D eigenvalue weighted by molar-refractivity contribution is 1.08. The van der Waals surface area contributed by atoms with Gasteiger partial charge in [-0.15, -0.1) is 0 Å². The summed E-state index contributed by atoms with van der Waals surface area (Å²) in [6, 6.07) is 10.7. The van der Waals surface area contributed by atoms with Crippen LogP contribution in [0.25, 0.3) is 10.9 Å². The first-order valence-electron chi connectivity index (χ1n) is 6.87. The highest BCUT2D eigenvalue weighted by atomic mass is 15.1. The fraction of sp³-hybridized carbons (Fsp3) is 0.235. The summed E-state index contributed by atoms with van der Waals surface area (Å²) in [6.07, 6.45) is 1.84. The molecule has 3 aromatic rings. The number of fused-ring (bicyclic) bond motifs is 1. The van der Waals surface area contributed by atoms with Crippen LogP contribution in [0.3, 0.4) is 0 Å². The van der Waals surface area contributed by atoms with Crippen molar-refractivity contribution in [2.75, 3.05) is 5.32 Å². The van der Waals surface area contributed by atoms with E-state index in [0.717, 1.165) is 23.1 Å². The number of benzene rings is 2. The Kier molecular flexibility index (Phi) is 3.18. The minimum absolute atomic E-state index is 0.845. The number of rotatable bonds is 3. The zero-order chi connectivity index (χ0) is 14.1. The highest BCUT2D eigenvalue weighted by Gasteiger charge is 2.04. The molecule has 0 bridgehead atoms. The summed E-state index contributed by atoms with van der Waals surface area (Å²) in [4.78, 5) is 0. The maximum Gasteiger partial charge on any atom is 0.0670 e. The molecule has 1 heterocycles. The molecule has 0 aliphatic heterocycles. The van der Waals surface area contributed by atoms with Gasteiger partial charge >= 0.3 is 0 Å². The molecule has 0 atom stereocenters. The largest absolute Gasteiger partial charge is 0.381 e. The lowest BCUT2D eigenvalue weighted by atomic mass is 10.00. The third-order valence-electron chi connectivity index (χ3n) is 3.75. The Balaban J connectivity index is 1.82. The third kappa shape index (κ3) is 2.39. The van der Waals surface area contributed by atoms with Gasteiger partial charge in [-0.25, -0.2) is 0 Å². The lowest BCUT2D eigenvalue weighted by Gasteiger charge is -2.13. The quantitative estimate of drug-likeness (QED) is 0.748. The van der Waals surface area contributed by atoms with Crippen molar-refractivity contribution in [3.05, 3.63) is 58.8 Å². The van der Waals surface area contributed by atoms with Crippen molar-refractivity contribution in [1.82, 2.24) is 10.2 Å². The second-order valence-corrected chi connectivity index (χ2v) is 5.40. The van der Waals surface area contributed by atoms with E-state index in [4.69, 9.17) is 0 Å². The number of nitrogens with zero attached hydrogens (tertiary/aromatic N) is 1. The van der Waals surface area contributed by atoms with Gasteiger partial charge in [-0.05, 0) is 55.7 Å². The van der Waals surface area contributed by atoms with E-state index in [2.05, 4.69) is 66.6 Å². The van der Waals surface area contributed by atoms with Gasteiger partial charge < -0.3 is 5.32 Å². The molecule has 0 saturated carbocycles. The number of anilines is 1. The van der Waals surface area contributed by atoms with Crippen molar-refractivity contribution >= 4 is 16.6 Å². The molecular weight excluding hydrogens is 246 g/mol. The van der Waals surface area contributed by atoms with Crippen LogP contribution in [0.15, 0.2) is 36.5 Å². The summed E-state index contributed by atoms with van der Waals surface area (Å²) in [7, 11) is 0. The highest BCUT2D eigenvalue weighted by Crippen LogP contribution is 2.20. The molecule has 0 amide bonds. The summed E-state index contributed by atoms with van der Waals surface area (Å²) in [5, 5.41) is 11.7. The number of hydrogen-bond donors (Lipinski definition) is 2. The van der Waals surface area contributed by atoms with E-state index in [1.54, 1.807) is 0 Å². The summed E-state index contributed by atoms with van der Waals surface area (Å²) in [5.74, 6) is 0. The van der Waals surface area contributed by atoms with E-state index in [0.29, 0.717) is 0 Å². The maximum absolute atomic E-state index is 4.05. The van der Waals surface area contributed by atoms with E-state index in [1.807, 2.05) is 6.20 Å². The minimum atomic E-state index is 0.845. The number of aromatic nitrogens is 2. The Labute approximate surface area is 119 Å². The number of aromatic amines is 1. The van der Waals surface area contributed by atoms with Gasteiger partial charge in [0.1, 0.15) is 0 Å². The Bertz CT molecular complexity index is 733. The smallest absolute Gasteiger partial charge is 0.0670 e. The standard InChI is InChI=1S/C17H19N3/c1-11-6-12(2)16(13(3)7-11)10-18-15-5-4-14-9-19-20-17(14)8-15/h4-9,18H,10H2,1-3H3,(H,19,20). The molecule has 102 valence electrons. The van der Waals surface area contributed by atoms with Gasteiger partial charge in [0.15, 0.2) is 0 Å². The summed E-state index contributed by atoms with van der Waals surface area (Å²) in [5.41, 5.74) is 7.56. The average molecular weight is 265 g/mol. The third-order valence-corrected chi connectivity index (χ3v) is 3.75. The zero-order valence-corrected chi connectivity index (χ0v) is 12.1. The van der Waals surface area contributed by atoms with E-state index in [-0.39, 0.29) is 0 Å². The van der Waals surface area contributed by atoms with Gasteiger partial charge in [-0.3, -0.25) is 5.10 Å². The van der Waals surface area contributed by atoms with Crippen LogP contribution in [-0.2, 0) is 6.54 Å². The van der Waals surface area contributed by atoms with E-state index in [9.17, 15) is 0 Å². The molecule has 0 radical (unpaired) electrons. The Morgan fingerprint density at radius 1 is 1.05 bits per heavy atom. The molecule has 3 rings (SSSR count). The predicted molar refractivity (Wildman–Crippen MR) is 84.1 cm³/mol. The predicted octanol–water partition coefficient (Wildman–Crippen LogP) is 4.10. The van der Waals surface area contributed by atoms with Crippen molar-refractivity contribution in [3.8, 4) is 0 Å². The van der Waals surface area contributed by atoms with Crippen molar-refractivity contribution in [3.63, 3.8) is 0 Å². The fourth-order valence-corrected chi connectivity index (χ4v) is 2.73. The van der Waals surface area contributed by atoms with Crippen molar-refractivity contribution in [2.24, 2.45) is 0 Å². The molecule has 20 heavy (non-hydrogen) atoms. The number of nitrogens with one attached hydrogen (secondary N) is 2. The maximum atomic E-state index is 4.05. The topological polar surface area (TPSA) is 40.7 Å². The van der Waals surface area contributed by atoms with Crippen LogP contribution in [0.2, 0.25) is 0 Å². The van der Waals surface area contributed by atoms with E-state index in [1.165, 1.54) is 22.3 Å². The van der Waals surface area contributed by atoms with Crippen molar-refractivity contribution in [1.29, 1.82) is 0 Å². The minimum Gasteiger partial charge on any atom is -0.381 e. The molecule has 1 aromatic heterocycles. The SMILES string of the molecule is Cc1cc(C)c(CNc2ccc3cn[nH]c3c2)c(C)c1. The Morgan fingerprint density at radius 3 is 2.55 bits per heavy atom. The van der Waals surface area contributed by atoms with Crippen LogP contribution in [0.4, 0.5) is 5.69 Å². The number of H-pyrrole nitrogens is 1. The molecule has 0 saturated heterocycles. The van der Waals surface area contributed by atoms with Crippen molar-refractivity contribution in [2.45, 2.75) is 27.3 Å². The fourth-order valence-electron chi connectivity index (χ4n) is 2.73. The molecule has 3 heteroatoms. The van der Waals surface area contributed by atoms with Gasteiger partial charge in [0.2, 0.25) is 0 Å².